The molecule has 34 heavy (non-hydrogen) atoms. The summed E-state index contributed by atoms with van der Waals surface area (Å²) in [6.45, 7) is 7.27. The molecular formula is C30H28BO3. The fourth-order valence-electron chi connectivity index (χ4n) is 3.97. The molecule has 1 aromatic heterocycles. The molecule has 0 bridgehead atoms. The van der Waals surface area contributed by atoms with E-state index in [9.17, 15) is 5.11 Å². The van der Waals surface area contributed by atoms with Crippen LogP contribution in [0.1, 0.15) is 27.7 Å². The molecule has 0 aliphatic carbocycles. The molecule has 5 aromatic rings. The molecule has 4 heteroatoms. The topological polar surface area (TPSA) is 42.6 Å². The van der Waals surface area contributed by atoms with Crippen molar-refractivity contribution >= 4 is 34.9 Å². The summed E-state index contributed by atoms with van der Waals surface area (Å²) in [5, 5.41) is 12.5. The Bertz CT molecular complexity index is 1440. The van der Waals surface area contributed by atoms with Crippen LogP contribution in [0.5, 0.6) is 0 Å². The molecular weight excluding hydrogens is 419 g/mol. The minimum atomic E-state index is -0.991. The second kappa shape index (κ2) is 8.46. The first-order valence-corrected chi connectivity index (χ1v) is 11.6. The molecule has 0 saturated carbocycles. The van der Waals surface area contributed by atoms with Gasteiger partial charge in [-0.2, -0.15) is 0 Å². The van der Waals surface area contributed by atoms with E-state index < -0.39 is 11.2 Å². The van der Waals surface area contributed by atoms with Gasteiger partial charge in [0, 0.05) is 10.8 Å². The average Bonchev–Trinajstić information content (AvgIpc) is 3.21. The summed E-state index contributed by atoms with van der Waals surface area (Å²) in [4.78, 5) is 0. The third kappa shape index (κ3) is 4.15. The van der Waals surface area contributed by atoms with Gasteiger partial charge < -0.3 is 14.2 Å². The quantitative estimate of drug-likeness (QED) is 0.294. The molecule has 0 fully saturated rings. The van der Waals surface area contributed by atoms with E-state index >= 15 is 0 Å². The van der Waals surface area contributed by atoms with Crippen LogP contribution in [0.15, 0.2) is 95.4 Å². The number of hydrogen-bond acceptors (Lipinski definition) is 3. The maximum absolute atomic E-state index is 10.5. The number of furan rings is 1. The maximum Gasteiger partial charge on any atom is 0.331 e. The van der Waals surface area contributed by atoms with Crippen LogP contribution >= 0.6 is 0 Å². The Kier molecular flexibility index (Phi) is 5.59. The molecule has 0 saturated heterocycles. The van der Waals surface area contributed by atoms with E-state index in [-0.39, 0.29) is 0 Å². The molecule has 3 nitrogen and oxygen atoms in total. The van der Waals surface area contributed by atoms with Gasteiger partial charge in [0.2, 0.25) is 0 Å². The van der Waals surface area contributed by atoms with Crippen molar-refractivity contribution in [1.82, 2.24) is 0 Å². The minimum Gasteiger partial charge on any atom is -0.456 e. The zero-order chi connectivity index (χ0) is 23.9. The number of rotatable bonds is 6. The van der Waals surface area contributed by atoms with Crippen LogP contribution in [0.25, 0.3) is 44.2 Å². The zero-order valence-corrected chi connectivity index (χ0v) is 20.0. The molecule has 1 heterocycles. The fraction of sp³-hybridized carbons (Fsp3) is 0.200. The monoisotopic (exact) mass is 447 g/mol. The van der Waals surface area contributed by atoms with Crippen molar-refractivity contribution in [2.75, 3.05) is 0 Å². The van der Waals surface area contributed by atoms with Crippen molar-refractivity contribution in [2.24, 2.45) is 0 Å². The Morgan fingerprint density at radius 1 is 0.676 bits per heavy atom. The number of fused-ring (bicyclic) bond motifs is 3. The van der Waals surface area contributed by atoms with Crippen molar-refractivity contribution in [3.05, 3.63) is 91.0 Å². The van der Waals surface area contributed by atoms with Gasteiger partial charge in [-0.15, -0.1) is 0 Å². The van der Waals surface area contributed by atoms with E-state index in [0.29, 0.717) is 0 Å². The van der Waals surface area contributed by atoms with E-state index in [1.807, 2.05) is 44.2 Å². The van der Waals surface area contributed by atoms with Crippen molar-refractivity contribution in [3.8, 4) is 22.3 Å². The lowest BCUT2D eigenvalue weighted by Crippen LogP contribution is -2.49. The van der Waals surface area contributed by atoms with Crippen LogP contribution in [0.4, 0.5) is 0 Å². The molecule has 5 rings (SSSR count). The Hall–Kier alpha value is -3.34. The van der Waals surface area contributed by atoms with Gasteiger partial charge in [-0.1, -0.05) is 72.8 Å². The van der Waals surface area contributed by atoms with Gasteiger partial charge in [0.05, 0.1) is 11.2 Å². The van der Waals surface area contributed by atoms with Gasteiger partial charge in [0.25, 0.3) is 0 Å². The van der Waals surface area contributed by atoms with E-state index in [1.165, 1.54) is 11.1 Å². The average molecular weight is 447 g/mol. The Labute approximate surface area is 201 Å². The predicted molar refractivity (Wildman–Crippen MR) is 141 cm³/mol. The van der Waals surface area contributed by atoms with E-state index in [1.54, 1.807) is 21.3 Å². The van der Waals surface area contributed by atoms with Gasteiger partial charge in [0.15, 0.2) is 0 Å². The zero-order valence-electron chi connectivity index (χ0n) is 20.0. The maximum atomic E-state index is 10.5. The molecule has 169 valence electrons. The van der Waals surface area contributed by atoms with Crippen LogP contribution in [-0.4, -0.2) is 23.8 Å². The molecule has 0 spiro atoms. The summed E-state index contributed by atoms with van der Waals surface area (Å²) in [6.07, 6.45) is 0. The highest BCUT2D eigenvalue weighted by molar-refractivity contribution is 6.52. The minimum absolute atomic E-state index is 0.750. The van der Waals surface area contributed by atoms with E-state index in [2.05, 4.69) is 60.7 Å². The first-order chi connectivity index (χ1) is 16.2. The summed E-state index contributed by atoms with van der Waals surface area (Å²) in [5.74, 6) is 0. The van der Waals surface area contributed by atoms with Crippen molar-refractivity contribution in [2.45, 2.75) is 38.9 Å². The summed E-state index contributed by atoms with van der Waals surface area (Å²) < 4.78 is 12.2. The molecule has 0 aliphatic rings. The van der Waals surface area contributed by atoms with Crippen molar-refractivity contribution in [1.29, 1.82) is 0 Å². The van der Waals surface area contributed by atoms with Gasteiger partial charge >= 0.3 is 7.48 Å². The molecule has 0 amide bonds. The predicted octanol–water partition coefficient (Wildman–Crippen LogP) is 6.73. The lowest BCUT2D eigenvalue weighted by atomic mass is 9.80. The highest BCUT2D eigenvalue weighted by atomic mass is 16.5. The van der Waals surface area contributed by atoms with Gasteiger partial charge in [-0.05, 0) is 73.6 Å². The van der Waals surface area contributed by atoms with Crippen molar-refractivity contribution in [3.63, 3.8) is 0 Å². The summed E-state index contributed by atoms with van der Waals surface area (Å²) in [7, 11) is 1.73. The van der Waals surface area contributed by atoms with Gasteiger partial charge in [-0.25, -0.2) is 0 Å². The third-order valence-electron chi connectivity index (χ3n) is 6.81. The van der Waals surface area contributed by atoms with Crippen LogP contribution in [0.2, 0.25) is 0 Å². The largest absolute Gasteiger partial charge is 0.456 e. The Balaban J connectivity index is 1.52. The van der Waals surface area contributed by atoms with Crippen LogP contribution in [0.3, 0.4) is 0 Å². The smallest absolute Gasteiger partial charge is 0.331 e. The summed E-state index contributed by atoms with van der Waals surface area (Å²) in [5.41, 5.74) is 5.51. The van der Waals surface area contributed by atoms with Crippen LogP contribution in [-0.2, 0) is 4.65 Å². The second-order valence-corrected chi connectivity index (χ2v) is 9.78. The first kappa shape index (κ1) is 22.5. The molecule has 4 aromatic carbocycles. The van der Waals surface area contributed by atoms with E-state index in [0.717, 1.165) is 38.5 Å². The number of hydrogen-bond donors (Lipinski definition) is 1. The normalized spacial score (nSPS) is 12.4. The van der Waals surface area contributed by atoms with E-state index in [4.69, 9.17) is 9.07 Å². The van der Waals surface area contributed by atoms with Gasteiger partial charge in [0.1, 0.15) is 11.2 Å². The molecule has 0 unspecified atom stereocenters. The lowest BCUT2D eigenvalue weighted by molar-refractivity contribution is -0.0893. The highest BCUT2D eigenvalue weighted by Crippen LogP contribution is 2.33. The molecule has 0 aliphatic heterocycles. The number of benzene rings is 4. The Morgan fingerprint density at radius 3 is 1.97 bits per heavy atom. The van der Waals surface area contributed by atoms with Gasteiger partial charge in [-0.3, -0.25) is 0 Å². The highest BCUT2D eigenvalue weighted by Gasteiger charge is 2.36. The van der Waals surface area contributed by atoms with Crippen LogP contribution < -0.4 is 5.46 Å². The fourth-order valence-corrected chi connectivity index (χ4v) is 3.97. The second-order valence-electron chi connectivity index (χ2n) is 9.78. The van der Waals surface area contributed by atoms with Crippen LogP contribution in [0, 0.1) is 0 Å². The number of aliphatic hydroxyl groups is 1. The summed E-state index contributed by atoms with van der Waals surface area (Å²) >= 11 is 0. The Morgan fingerprint density at radius 2 is 1.29 bits per heavy atom. The molecule has 1 radical (unpaired) electrons. The molecule has 0 atom stereocenters. The molecule has 1 N–H and O–H groups in total. The standard InChI is InChI=1S/C30H28BO3/c1-29(2,32)30(3,4)34-31-25-11-8-12-27-28(25)24-19-23(17-18-26(24)33-27)22-15-13-21(14-16-22)20-9-6-5-7-10-20/h5-19,32H,1-4H3. The SMILES string of the molecule is CC(C)(O)C(C)(C)O[B]c1cccc2oc3ccc(-c4ccc(-c5ccccc5)cc4)cc3c12. The summed E-state index contributed by atoms with van der Waals surface area (Å²) in [6, 6.07) is 31.3. The van der Waals surface area contributed by atoms with Crippen molar-refractivity contribution < 1.29 is 14.2 Å². The third-order valence-corrected chi connectivity index (χ3v) is 6.81. The lowest BCUT2D eigenvalue weighted by Gasteiger charge is -2.37. The first-order valence-electron chi connectivity index (χ1n) is 11.6.